The van der Waals surface area contributed by atoms with Crippen LogP contribution in [-0.2, 0) is 6.54 Å². The molecule has 0 aliphatic rings. The monoisotopic (exact) mass is 296 g/mol. The van der Waals surface area contributed by atoms with Gasteiger partial charge in [0.15, 0.2) is 0 Å². The first-order chi connectivity index (χ1) is 10.7. The van der Waals surface area contributed by atoms with Gasteiger partial charge in [0.05, 0.1) is 0 Å². The molecular weight excluding hydrogens is 284 g/mol. The minimum Gasteiger partial charge on any atom is -0.465 e. The zero-order chi connectivity index (χ0) is 15.4. The van der Waals surface area contributed by atoms with Gasteiger partial charge in [-0.05, 0) is 29.8 Å². The summed E-state index contributed by atoms with van der Waals surface area (Å²) in [5.41, 5.74) is 2.30. The fourth-order valence-electron chi connectivity index (χ4n) is 1.95. The van der Waals surface area contributed by atoms with Crippen LogP contribution >= 0.6 is 0 Å². The van der Waals surface area contributed by atoms with Crippen LogP contribution in [0.5, 0.6) is 0 Å². The first-order valence-electron chi connectivity index (χ1n) is 6.52. The van der Waals surface area contributed by atoms with Crippen LogP contribution in [0.3, 0.4) is 0 Å². The number of nitrogens with zero attached hydrogens (tertiary/aromatic N) is 3. The van der Waals surface area contributed by atoms with Crippen molar-refractivity contribution < 1.29 is 14.4 Å². The normalized spacial score (nSPS) is 10.4. The smallest absolute Gasteiger partial charge is 0.404 e. The van der Waals surface area contributed by atoms with Crippen molar-refractivity contribution in [1.29, 1.82) is 0 Å². The largest absolute Gasteiger partial charge is 0.465 e. The van der Waals surface area contributed by atoms with Gasteiger partial charge in [0.25, 0.3) is 5.89 Å². The zero-order valence-electron chi connectivity index (χ0n) is 11.4. The Hall–Kier alpha value is -3.22. The number of amides is 1. The SMILES string of the molecule is O=C(O)NCc1cccc(-c2nc(-c3cccnc3)no2)c1. The molecule has 1 amide bonds. The Kier molecular flexibility index (Phi) is 3.78. The minimum absolute atomic E-state index is 0.215. The van der Waals surface area contributed by atoms with Crippen LogP contribution in [0.1, 0.15) is 5.56 Å². The van der Waals surface area contributed by atoms with Gasteiger partial charge in [-0.2, -0.15) is 4.98 Å². The first-order valence-corrected chi connectivity index (χ1v) is 6.52. The van der Waals surface area contributed by atoms with Gasteiger partial charge < -0.3 is 14.9 Å². The number of carboxylic acid groups (broad SMARTS) is 1. The minimum atomic E-state index is -1.07. The summed E-state index contributed by atoms with van der Waals surface area (Å²) in [6, 6.07) is 10.9. The number of carbonyl (C=O) groups is 1. The number of pyridine rings is 1. The van der Waals surface area contributed by atoms with E-state index in [0.717, 1.165) is 16.7 Å². The molecule has 3 aromatic rings. The lowest BCUT2D eigenvalue weighted by molar-refractivity contribution is 0.194. The van der Waals surface area contributed by atoms with Gasteiger partial charge in [0.1, 0.15) is 0 Å². The van der Waals surface area contributed by atoms with Gasteiger partial charge in [-0.15, -0.1) is 0 Å². The lowest BCUT2D eigenvalue weighted by Gasteiger charge is -2.02. The van der Waals surface area contributed by atoms with Crippen molar-refractivity contribution >= 4 is 6.09 Å². The highest BCUT2D eigenvalue weighted by atomic mass is 16.5. The summed E-state index contributed by atoms with van der Waals surface area (Å²) in [5.74, 6) is 0.827. The average molecular weight is 296 g/mol. The second-order valence-corrected chi connectivity index (χ2v) is 4.52. The predicted octanol–water partition coefficient (Wildman–Crippen LogP) is 2.57. The summed E-state index contributed by atoms with van der Waals surface area (Å²) in [6.45, 7) is 0.215. The van der Waals surface area contributed by atoms with Crippen LogP contribution in [0.4, 0.5) is 4.79 Å². The third-order valence-corrected chi connectivity index (χ3v) is 2.96. The highest BCUT2D eigenvalue weighted by molar-refractivity contribution is 5.64. The molecule has 0 spiro atoms. The van der Waals surface area contributed by atoms with Gasteiger partial charge >= 0.3 is 6.09 Å². The van der Waals surface area contributed by atoms with Crippen molar-refractivity contribution in [2.45, 2.75) is 6.54 Å². The summed E-state index contributed by atoms with van der Waals surface area (Å²) < 4.78 is 5.26. The highest BCUT2D eigenvalue weighted by Gasteiger charge is 2.11. The van der Waals surface area contributed by atoms with Gasteiger partial charge in [-0.25, -0.2) is 4.79 Å². The fraction of sp³-hybridized carbons (Fsp3) is 0.0667. The standard InChI is InChI=1S/C15H12N4O3/c20-15(21)17-8-10-3-1-4-11(7-10)14-18-13(19-22-14)12-5-2-6-16-9-12/h1-7,9,17H,8H2,(H,20,21). The van der Waals surface area contributed by atoms with E-state index in [1.807, 2.05) is 24.3 Å². The molecule has 0 bridgehead atoms. The van der Waals surface area contributed by atoms with E-state index in [1.165, 1.54) is 0 Å². The van der Waals surface area contributed by atoms with E-state index < -0.39 is 6.09 Å². The average Bonchev–Trinajstić information content (AvgIpc) is 3.04. The molecule has 0 aliphatic carbocycles. The third kappa shape index (κ3) is 3.09. The van der Waals surface area contributed by atoms with Gasteiger partial charge in [-0.3, -0.25) is 4.98 Å². The number of hydrogen-bond acceptors (Lipinski definition) is 5. The van der Waals surface area contributed by atoms with Crippen LogP contribution in [0.2, 0.25) is 0 Å². The van der Waals surface area contributed by atoms with Crippen LogP contribution in [0.25, 0.3) is 22.8 Å². The molecule has 7 heteroatoms. The Morgan fingerprint density at radius 2 is 2.09 bits per heavy atom. The van der Waals surface area contributed by atoms with Gasteiger partial charge in [-0.1, -0.05) is 17.3 Å². The van der Waals surface area contributed by atoms with Crippen LogP contribution in [0, 0.1) is 0 Å². The summed E-state index contributed by atoms with van der Waals surface area (Å²) in [5, 5.41) is 14.9. The van der Waals surface area contributed by atoms with Crippen LogP contribution in [0.15, 0.2) is 53.3 Å². The van der Waals surface area contributed by atoms with Gasteiger partial charge in [0.2, 0.25) is 5.82 Å². The summed E-state index contributed by atoms with van der Waals surface area (Å²) in [4.78, 5) is 18.9. The van der Waals surface area contributed by atoms with Crippen LogP contribution < -0.4 is 5.32 Å². The van der Waals surface area contributed by atoms with E-state index in [2.05, 4.69) is 20.4 Å². The lowest BCUT2D eigenvalue weighted by Crippen LogP contribution is -2.19. The molecule has 1 aromatic carbocycles. The first kappa shape index (κ1) is 13.7. The van der Waals surface area contributed by atoms with E-state index in [4.69, 9.17) is 9.63 Å². The fourth-order valence-corrected chi connectivity index (χ4v) is 1.95. The van der Waals surface area contributed by atoms with E-state index >= 15 is 0 Å². The molecular formula is C15H12N4O3. The molecule has 2 N–H and O–H groups in total. The molecule has 2 heterocycles. The molecule has 0 radical (unpaired) electrons. The number of hydrogen-bond donors (Lipinski definition) is 2. The molecule has 110 valence electrons. The topological polar surface area (TPSA) is 101 Å². The molecule has 0 unspecified atom stereocenters. The van der Waals surface area contributed by atoms with E-state index in [0.29, 0.717) is 11.7 Å². The van der Waals surface area contributed by atoms with Crippen molar-refractivity contribution in [3.8, 4) is 22.8 Å². The molecule has 0 fully saturated rings. The van der Waals surface area contributed by atoms with Crippen LogP contribution in [-0.4, -0.2) is 26.3 Å². The molecule has 7 nitrogen and oxygen atoms in total. The lowest BCUT2D eigenvalue weighted by atomic mass is 10.1. The Bertz CT molecular complexity index is 786. The molecule has 0 atom stereocenters. The van der Waals surface area contributed by atoms with Crippen molar-refractivity contribution in [3.63, 3.8) is 0 Å². The van der Waals surface area contributed by atoms with Crippen molar-refractivity contribution in [2.24, 2.45) is 0 Å². The maximum atomic E-state index is 10.5. The van der Waals surface area contributed by atoms with E-state index in [9.17, 15) is 4.79 Å². The number of benzene rings is 1. The second-order valence-electron chi connectivity index (χ2n) is 4.52. The van der Waals surface area contributed by atoms with Gasteiger partial charge in [0, 0.05) is 30.1 Å². The molecule has 0 saturated carbocycles. The predicted molar refractivity (Wildman–Crippen MR) is 77.8 cm³/mol. The van der Waals surface area contributed by atoms with Crippen molar-refractivity contribution in [1.82, 2.24) is 20.4 Å². The molecule has 22 heavy (non-hydrogen) atoms. The Morgan fingerprint density at radius 3 is 2.86 bits per heavy atom. The van der Waals surface area contributed by atoms with E-state index in [1.54, 1.807) is 24.5 Å². The maximum Gasteiger partial charge on any atom is 0.404 e. The molecule has 0 aliphatic heterocycles. The maximum absolute atomic E-state index is 10.5. The zero-order valence-corrected chi connectivity index (χ0v) is 11.4. The molecule has 0 saturated heterocycles. The summed E-state index contributed by atoms with van der Waals surface area (Å²) >= 11 is 0. The Labute approximate surface area is 125 Å². The quantitative estimate of drug-likeness (QED) is 0.767. The highest BCUT2D eigenvalue weighted by Crippen LogP contribution is 2.22. The number of rotatable bonds is 4. The molecule has 3 rings (SSSR count). The number of nitrogens with one attached hydrogen (secondary N) is 1. The third-order valence-electron chi connectivity index (χ3n) is 2.96. The van der Waals surface area contributed by atoms with E-state index in [-0.39, 0.29) is 6.54 Å². The second kappa shape index (κ2) is 6.04. The Morgan fingerprint density at radius 1 is 1.23 bits per heavy atom. The van der Waals surface area contributed by atoms with Crippen molar-refractivity contribution in [2.75, 3.05) is 0 Å². The van der Waals surface area contributed by atoms with Crippen molar-refractivity contribution in [3.05, 3.63) is 54.4 Å². The number of aromatic nitrogens is 3. The Balaban J connectivity index is 1.84. The molecule has 2 aromatic heterocycles. The summed E-state index contributed by atoms with van der Waals surface area (Å²) in [7, 11) is 0. The summed E-state index contributed by atoms with van der Waals surface area (Å²) in [6.07, 6.45) is 2.26.